The predicted octanol–water partition coefficient (Wildman–Crippen LogP) is 3.04. The molecule has 1 heterocycles. The molecular weight excluding hydrogens is 218 g/mol. The number of aromatic nitrogens is 1. The molecule has 1 aromatic heterocycles. The SMILES string of the molecule is Cc1ccnc(Nc2ccccc2)c1[N+](=O)[O-]. The summed E-state index contributed by atoms with van der Waals surface area (Å²) in [5.74, 6) is 0.265. The van der Waals surface area contributed by atoms with Gasteiger partial charge in [-0.15, -0.1) is 0 Å². The molecule has 0 aliphatic rings. The lowest BCUT2D eigenvalue weighted by Gasteiger charge is -2.06. The Morgan fingerprint density at radius 2 is 1.94 bits per heavy atom. The molecule has 0 radical (unpaired) electrons. The van der Waals surface area contributed by atoms with E-state index in [1.54, 1.807) is 19.2 Å². The van der Waals surface area contributed by atoms with Crippen LogP contribution in [-0.4, -0.2) is 9.91 Å². The molecule has 1 N–H and O–H groups in total. The average molecular weight is 229 g/mol. The van der Waals surface area contributed by atoms with Crippen molar-refractivity contribution in [1.82, 2.24) is 4.98 Å². The van der Waals surface area contributed by atoms with E-state index < -0.39 is 4.92 Å². The van der Waals surface area contributed by atoms with Gasteiger partial charge in [-0.05, 0) is 25.1 Å². The van der Waals surface area contributed by atoms with Crippen LogP contribution in [0.5, 0.6) is 0 Å². The molecule has 5 heteroatoms. The lowest BCUT2D eigenvalue weighted by molar-refractivity contribution is -0.384. The highest BCUT2D eigenvalue weighted by molar-refractivity contribution is 5.67. The fourth-order valence-electron chi connectivity index (χ4n) is 1.53. The van der Waals surface area contributed by atoms with Crippen LogP contribution in [0, 0.1) is 17.0 Å². The van der Waals surface area contributed by atoms with Crippen LogP contribution in [0.25, 0.3) is 0 Å². The third-order valence-corrected chi connectivity index (χ3v) is 2.35. The Morgan fingerprint density at radius 1 is 1.24 bits per heavy atom. The fraction of sp³-hybridized carbons (Fsp3) is 0.0833. The van der Waals surface area contributed by atoms with E-state index in [0.29, 0.717) is 5.56 Å². The van der Waals surface area contributed by atoms with Gasteiger partial charge in [-0.2, -0.15) is 0 Å². The largest absolute Gasteiger partial charge is 0.334 e. The molecular formula is C12H11N3O2. The number of benzene rings is 1. The zero-order chi connectivity index (χ0) is 12.3. The quantitative estimate of drug-likeness (QED) is 0.648. The Bertz CT molecular complexity index is 541. The summed E-state index contributed by atoms with van der Waals surface area (Å²) in [5, 5.41) is 13.9. The smallest absolute Gasteiger partial charge is 0.314 e. The molecule has 0 atom stereocenters. The topological polar surface area (TPSA) is 68.1 Å². The van der Waals surface area contributed by atoms with E-state index in [9.17, 15) is 10.1 Å². The highest BCUT2D eigenvalue weighted by Crippen LogP contribution is 2.27. The van der Waals surface area contributed by atoms with Crippen molar-refractivity contribution in [2.24, 2.45) is 0 Å². The first-order valence-corrected chi connectivity index (χ1v) is 5.10. The molecule has 2 aromatic rings. The van der Waals surface area contributed by atoms with Gasteiger partial charge in [0.05, 0.1) is 4.92 Å². The molecule has 0 unspecified atom stereocenters. The number of hydrogen-bond donors (Lipinski definition) is 1. The maximum Gasteiger partial charge on any atom is 0.314 e. The Labute approximate surface area is 98.3 Å². The van der Waals surface area contributed by atoms with Crippen molar-refractivity contribution in [3.63, 3.8) is 0 Å². The van der Waals surface area contributed by atoms with Crippen LogP contribution >= 0.6 is 0 Å². The fourth-order valence-corrected chi connectivity index (χ4v) is 1.53. The molecule has 0 aliphatic carbocycles. The van der Waals surface area contributed by atoms with Gasteiger partial charge in [0.15, 0.2) is 0 Å². The standard InChI is InChI=1S/C12H11N3O2/c1-9-7-8-13-12(11(9)15(16)17)14-10-5-3-2-4-6-10/h2-8H,1H3,(H,13,14). The van der Waals surface area contributed by atoms with Crippen LogP contribution in [0.3, 0.4) is 0 Å². The zero-order valence-corrected chi connectivity index (χ0v) is 9.25. The van der Waals surface area contributed by atoms with Crippen molar-refractivity contribution in [3.05, 3.63) is 58.3 Å². The van der Waals surface area contributed by atoms with Crippen LogP contribution in [-0.2, 0) is 0 Å². The monoisotopic (exact) mass is 229 g/mol. The highest BCUT2D eigenvalue weighted by atomic mass is 16.6. The van der Waals surface area contributed by atoms with Gasteiger partial charge in [0.2, 0.25) is 5.82 Å². The first-order valence-electron chi connectivity index (χ1n) is 5.10. The van der Waals surface area contributed by atoms with Gasteiger partial charge in [0.1, 0.15) is 0 Å². The second-order valence-electron chi connectivity index (χ2n) is 3.57. The van der Waals surface area contributed by atoms with Crippen molar-refractivity contribution >= 4 is 17.2 Å². The van der Waals surface area contributed by atoms with Crippen LogP contribution in [0.15, 0.2) is 42.6 Å². The number of aryl methyl sites for hydroxylation is 1. The minimum Gasteiger partial charge on any atom is -0.334 e. The van der Waals surface area contributed by atoms with E-state index in [1.165, 1.54) is 0 Å². The summed E-state index contributed by atoms with van der Waals surface area (Å²) in [7, 11) is 0. The molecule has 0 saturated heterocycles. The first kappa shape index (κ1) is 11.1. The summed E-state index contributed by atoms with van der Waals surface area (Å²) in [6, 6.07) is 10.9. The van der Waals surface area contributed by atoms with Gasteiger partial charge in [0.25, 0.3) is 0 Å². The van der Waals surface area contributed by atoms with Crippen molar-refractivity contribution < 1.29 is 4.92 Å². The van der Waals surface area contributed by atoms with Gasteiger partial charge in [-0.3, -0.25) is 10.1 Å². The molecule has 0 bridgehead atoms. The number of anilines is 2. The van der Waals surface area contributed by atoms with Gasteiger partial charge >= 0.3 is 5.69 Å². The Hall–Kier alpha value is -2.43. The molecule has 17 heavy (non-hydrogen) atoms. The molecule has 0 amide bonds. The normalized spacial score (nSPS) is 9.94. The number of nitrogens with one attached hydrogen (secondary N) is 1. The van der Waals surface area contributed by atoms with E-state index in [-0.39, 0.29) is 11.5 Å². The van der Waals surface area contributed by atoms with Crippen LogP contribution in [0.4, 0.5) is 17.2 Å². The number of nitro groups is 1. The molecule has 0 spiro atoms. The van der Waals surface area contributed by atoms with E-state index >= 15 is 0 Å². The summed E-state index contributed by atoms with van der Waals surface area (Å²) in [6.45, 7) is 1.69. The third-order valence-electron chi connectivity index (χ3n) is 2.35. The summed E-state index contributed by atoms with van der Waals surface area (Å²) in [4.78, 5) is 14.5. The molecule has 86 valence electrons. The number of rotatable bonds is 3. The first-order chi connectivity index (χ1) is 8.18. The lowest BCUT2D eigenvalue weighted by Crippen LogP contribution is -2.01. The van der Waals surface area contributed by atoms with Crippen molar-refractivity contribution in [1.29, 1.82) is 0 Å². The third kappa shape index (κ3) is 2.39. The minimum atomic E-state index is -0.423. The molecule has 5 nitrogen and oxygen atoms in total. The van der Waals surface area contributed by atoms with Crippen molar-refractivity contribution in [3.8, 4) is 0 Å². The van der Waals surface area contributed by atoms with Crippen molar-refractivity contribution in [2.75, 3.05) is 5.32 Å². The minimum absolute atomic E-state index is 0.0105. The Balaban J connectivity index is 2.40. The number of para-hydroxylation sites is 1. The zero-order valence-electron chi connectivity index (χ0n) is 9.25. The summed E-state index contributed by atoms with van der Waals surface area (Å²) >= 11 is 0. The molecule has 0 saturated carbocycles. The average Bonchev–Trinajstić information content (AvgIpc) is 2.30. The van der Waals surface area contributed by atoms with Gasteiger partial charge in [0, 0.05) is 17.4 Å². The molecule has 0 fully saturated rings. The van der Waals surface area contributed by atoms with Crippen LogP contribution in [0.2, 0.25) is 0 Å². The van der Waals surface area contributed by atoms with E-state index in [0.717, 1.165) is 5.69 Å². The predicted molar refractivity (Wildman–Crippen MR) is 65.4 cm³/mol. The maximum atomic E-state index is 11.0. The summed E-state index contributed by atoms with van der Waals surface area (Å²) in [6.07, 6.45) is 1.55. The van der Waals surface area contributed by atoms with Gasteiger partial charge in [-0.1, -0.05) is 18.2 Å². The van der Waals surface area contributed by atoms with E-state index in [1.807, 2.05) is 30.3 Å². The van der Waals surface area contributed by atoms with E-state index in [2.05, 4.69) is 10.3 Å². The van der Waals surface area contributed by atoms with E-state index in [4.69, 9.17) is 0 Å². The molecule has 2 rings (SSSR count). The molecule has 0 aliphatic heterocycles. The van der Waals surface area contributed by atoms with Crippen LogP contribution in [0.1, 0.15) is 5.56 Å². The van der Waals surface area contributed by atoms with Gasteiger partial charge < -0.3 is 5.32 Å². The lowest BCUT2D eigenvalue weighted by atomic mass is 10.2. The van der Waals surface area contributed by atoms with Crippen molar-refractivity contribution in [2.45, 2.75) is 6.92 Å². The number of hydrogen-bond acceptors (Lipinski definition) is 4. The maximum absolute atomic E-state index is 11.0. The molecule has 1 aromatic carbocycles. The summed E-state index contributed by atoms with van der Waals surface area (Å²) < 4.78 is 0. The Morgan fingerprint density at radius 3 is 2.59 bits per heavy atom. The second-order valence-corrected chi connectivity index (χ2v) is 3.57. The number of nitrogens with zero attached hydrogens (tertiary/aromatic N) is 2. The highest BCUT2D eigenvalue weighted by Gasteiger charge is 2.18. The number of pyridine rings is 1. The Kier molecular flexibility index (Phi) is 3.00. The second kappa shape index (κ2) is 4.61. The van der Waals surface area contributed by atoms with Gasteiger partial charge in [-0.25, -0.2) is 4.98 Å². The summed E-state index contributed by atoms with van der Waals surface area (Å²) in [5.41, 5.74) is 1.37. The van der Waals surface area contributed by atoms with Crippen LogP contribution < -0.4 is 5.32 Å².